The second kappa shape index (κ2) is 12.4. The molecule has 0 aliphatic rings. The van der Waals surface area contributed by atoms with Gasteiger partial charge in [-0.2, -0.15) is 0 Å². The Morgan fingerprint density at radius 2 is 1.51 bits per heavy atom. The van der Waals surface area contributed by atoms with E-state index in [0.29, 0.717) is 17.8 Å². The zero-order valence-corrected chi connectivity index (χ0v) is 22.1. The Balaban J connectivity index is 1.60. The van der Waals surface area contributed by atoms with Crippen LogP contribution in [0.5, 0.6) is 0 Å². The first-order valence-electron chi connectivity index (χ1n) is 12.2. The lowest BCUT2D eigenvalue weighted by Crippen LogP contribution is -2.37. The van der Waals surface area contributed by atoms with E-state index in [2.05, 4.69) is 10.6 Å². The molecule has 2 amide bonds. The van der Waals surface area contributed by atoms with Crippen LogP contribution in [0.4, 0.5) is 10.5 Å². The molecule has 0 aliphatic carbocycles. The maximum absolute atomic E-state index is 13.4. The first-order chi connectivity index (χ1) is 18.7. The summed E-state index contributed by atoms with van der Waals surface area (Å²) in [7, 11) is -3.33. The minimum Gasteiger partial charge on any atom is -0.445 e. The van der Waals surface area contributed by atoms with Gasteiger partial charge in [0.15, 0.2) is 9.84 Å². The molecular formula is C30H29N3O5S. The van der Waals surface area contributed by atoms with Crippen LogP contribution in [-0.2, 0) is 32.5 Å². The molecule has 0 aromatic heterocycles. The van der Waals surface area contributed by atoms with Gasteiger partial charge in [0.05, 0.1) is 4.90 Å². The third-order valence-electron chi connectivity index (χ3n) is 6.00. The van der Waals surface area contributed by atoms with E-state index in [0.717, 1.165) is 28.5 Å². The van der Waals surface area contributed by atoms with Crippen molar-refractivity contribution in [3.8, 4) is 11.1 Å². The molecule has 0 aliphatic heterocycles. The van der Waals surface area contributed by atoms with Crippen molar-refractivity contribution in [2.24, 2.45) is 5.73 Å². The Kier molecular flexibility index (Phi) is 8.75. The molecular weight excluding hydrogens is 514 g/mol. The maximum atomic E-state index is 13.4. The predicted molar refractivity (Wildman–Crippen MR) is 150 cm³/mol. The van der Waals surface area contributed by atoms with Crippen LogP contribution in [0.1, 0.15) is 22.7 Å². The molecule has 4 rings (SSSR count). The second-order valence-electron chi connectivity index (χ2n) is 8.95. The summed E-state index contributed by atoms with van der Waals surface area (Å²) in [6, 6.07) is 28.9. The molecule has 0 unspecified atom stereocenters. The van der Waals surface area contributed by atoms with E-state index in [1.54, 1.807) is 48.5 Å². The van der Waals surface area contributed by atoms with Crippen molar-refractivity contribution in [1.82, 2.24) is 5.32 Å². The third kappa shape index (κ3) is 7.53. The average molecular weight is 544 g/mol. The van der Waals surface area contributed by atoms with Crippen molar-refractivity contribution in [2.75, 3.05) is 11.6 Å². The Labute approximate surface area is 227 Å². The Morgan fingerprint density at radius 3 is 2.21 bits per heavy atom. The van der Waals surface area contributed by atoms with Gasteiger partial charge in [-0.1, -0.05) is 72.8 Å². The number of nitrogens with one attached hydrogen (secondary N) is 2. The highest BCUT2D eigenvalue weighted by Gasteiger charge is 2.24. The zero-order chi connectivity index (χ0) is 27.8. The van der Waals surface area contributed by atoms with Gasteiger partial charge in [0.1, 0.15) is 12.6 Å². The van der Waals surface area contributed by atoms with Crippen LogP contribution in [0.3, 0.4) is 0 Å². The van der Waals surface area contributed by atoms with E-state index in [4.69, 9.17) is 10.5 Å². The summed E-state index contributed by atoms with van der Waals surface area (Å²) in [5.41, 5.74) is 9.95. The second-order valence-corrected chi connectivity index (χ2v) is 11.0. The molecule has 8 nitrogen and oxygen atoms in total. The van der Waals surface area contributed by atoms with Crippen LogP contribution in [0.2, 0.25) is 0 Å². The summed E-state index contributed by atoms with van der Waals surface area (Å²) in [6.45, 7) is 0.365. The molecule has 0 heterocycles. The third-order valence-corrected chi connectivity index (χ3v) is 7.13. The largest absolute Gasteiger partial charge is 0.445 e. The molecule has 4 N–H and O–H groups in total. The molecule has 9 heteroatoms. The van der Waals surface area contributed by atoms with Gasteiger partial charge in [-0.15, -0.1) is 0 Å². The van der Waals surface area contributed by atoms with Crippen molar-refractivity contribution in [1.29, 1.82) is 0 Å². The molecule has 0 radical (unpaired) electrons. The number of carbonyl (C=O) groups excluding carboxylic acids is 2. The molecule has 1 atom stereocenters. The summed E-state index contributed by atoms with van der Waals surface area (Å²) in [6.07, 6.45) is 0.398. The van der Waals surface area contributed by atoms with E-state index < -0.39 is 27.9 Å². The van der Waals surface area contributed by atoms with Crippen molar-refractivity contribution in [3.05, 3.63) is 120 Å². The molecule has 0 bridgehead atoms. The quantitative estimate of drug-likeness (QED) is 0.278. The van der Waals surface area contributed by atoms with Gasteiger partial charge in [-0.3, -0.25) is 4.79 Å². The highest BCUT2D eigenvalue weighted by molar-refractivity contribution is 7.90. The van der Waals surface area contributed by atoms with Crippen LogP contribution >= 0.6 is 0 Å². The molecule has 0 saturated heterocycles. The maximum Gasteiger partial charge on any atom is 0.408 e. The van der Waals surface area contributed by atoms with Crippen LogP contribution in [0.15, 0.2) is 108 Å². The predicted octanol–water partition coefficient (Wildman–Crippen LogP) is 4.82. The Bertz CT molecular complexity index is 1560. The summed E-state index contributed by atoms with van der Waals surface area (Å²) in [5.74, 6) is -0.467. The average Bonchev–Trinajstić information content (AvgIpc) is 2.95. The number of amides is 2. The summed E-state index contributed by atoms with van der Waals surface area (Å²) >= 11 is 0. The van der Waals surface area contributed by atoms with Crippen molar-refractivity contribution in [2.45, 2.75) is 24.1 Å². The van der Waals surface area contributed by atoms with Gasteiger partial charge in [-0.25, -0.2) is 13.2 Å². The number of alkyl carbamates (subject to hydrolysis) is 1. The van der Waals surface area contributed by atoms with E-state index in [1.165, 1.54) is 12.1 Å². The molecule has 200 valence electrons. The van der Waals surface area contributed by atoms with Gasteiger partial charge in [0.25, 0.3) is 5.91 Å². The molecule has 0 spiro atoms. The Morgan fingerprint density at radius 1 is 0.821 bits per heavy atom. The van der Waals surface area contributed by atoms with Gasteiger partial charge in [0.2, 0.25) is 0 Å². The first kappa shape index (κ1) is 27.6. The number of anilines is 1. The standard InChI is InChI=1S/C30H29N3O5S/c1-39(36,37)27-15-13-23(14-16-27)24-10-6-11-25(18-24)28(29(34)32-26-12-5-9-22(17-26)19-31)33-30(35)38-20-21-7-3-2-4-8-21/h2-18,28H,19-20,31H2,1H3,(H,32,34)(H,33,35)/t28-/m0/s1. The lowest BCUT2D eigenvalue weighted by molar-refractivity contribution is -0.118. The normalized spacial score (nSPS) is 11.8. The number of benzene rings is 4. The molecule has 4 aromatic carbocycles. The number of ether oxygens (including phenoxy) is 1. The minimum atomic E-state index is -3.33. The van der Waals surface area contributed by atoms with Gasteiger partial charge < -0.3 is 21.1 Å². The van der Waals surface area contributed by atoms with E-state index >= 15 is 0 Å². The molecule has 39 heavy (non-hydrogen) atoms. The van der Waals surface area contributed by atoms with E-state index in [9.17, 15) is 18.0 Å². The van der Waals surface area contributed by atoms with Crippen molar-refractivity contribution in [3.63, 3.8) is 0 Å². The lowest BCUT2D eigenvalue weighted by atomic mass is 9.99. The summed E-state index contributed by atoms with van der Waals surface area (Å²) in [4.78, 5) is 26.4. The summed E-state index contributed by atoms with van der Waals surface area (Å²) < 4.78 is 29.0. The highest BCUT2D eigenvalue weighted by atomic mass is 32.2. The highest BCUT2D eigenvalue weighted by Crippen LogP contribution is 2.26. The fraction of sp³-hybridized carbons (Fsp3) is 0.133. The number of nitrogens with two attached hydrogens (primary N) is 1. The SMILES string of the molecule is CS(=O)(=O)c1ccc(-c2cccc([C@H](NC(=O)OCc3ccccc3)C(=O)Nc3cccc(CN)c3)c2)cc1. The zero-order valence-electron chi connectivity index (χ0n) is 21.3. The monoisotopic (exact) mass is 543 g/mol. The number of carbonyl (C=O) groups is 2. The lowest BCUT2D eigenvalue weighted by Gasteiger charge is -2.20. The molecule has 4 aromatic rings. The fourth-order valence-corrected chi connectivity index (χ4v) is 4.60. The van der Waals surface area contributed by atoms with Crippen molar-refractivity contribution >= 4 is 27.5 Å². The number of hydrogen-bond acceptors (Lipinski definition) is 6. The smallest absolute Gasteiger partial charge is 0.408 e. The molecule has 0 fully saturated rings. The van der Waals surface area contributed by atoms with Gasteiger partial charge in [0, 0.05) is 18.5 Å². The van der Waals surface area contributed by atoms with Crippen LogP contribution in [0, 0.1) is 0 Å². The molecule has 0 saturated carbocycles. The Hall–Kier alpha value is -4.47. The minimum absolute atomic E-state index is 0.0479. The number of rotatable bonds is 9. The van der Waals surface area contributed by atoms with Crippen LogP contribution < -0.4 is 16.4 Å². The van der Waals surface area contributed by atoms with Gasteiger partial charge in [-0.05, 0) is 58.1 Å². The number of sulfone groups is 1. The van der Waals surface area contributed by atoms with Crippen LogP contribution in [-0.4, -0.2) is 26.7 Å². The summed E-state index contributed by atoms with van der Waals surface area (Å²) in [5, 5.41) is 5.53. The first-order valence-corrected chi connectivity index (χ1v) is 14.1. The number of hydrogen-bond donors (Lipinski definition) is 3. The van der Waals surface area contributed by atoms with Crippen molar-refractivity contribution < 1.29 is 22.7 Å². The van der Waals surface area contributed by atoms with Gasteiger partial charge >= 0.3 is 6.09 Å². The van der Waals surface area contributed by atoms with E-state index in [1.807, 2.05) is 42.5 Å². The van der Waals surface area contributed by atoms with E-state index in [-0.39, 0.29) is 11.5 Å². The van der Waals surface area contributed by atoms with Crippen LogP contribution in [0.25, 0.3) is 11.1 Å². The topological polar surface area (TPSA) is 128 Å². The fourth-order valence-electron chi connectivity index (χ4n) is 3.97.